The maximum atomic E-state index is 12.6. The van der Waals surface area contributed by atoms with Crippen LogP contribution in [-0.2, 0) is 12.8 Å². The first-order valence-corrected chi connectivity index (χ1v) is 9.11. The van der Waals surface area contributed by atoms with Crippen molar-refractivity contribution in [3.63, 3.8) is 0 Å². The third-order valence-electron chi connectivity index (χ3n) is 4.47. The number of ether oxygens (including phenoxy) is 2. The van der Waals surface area contributed by atoms with Gasteiger partial charge in [-0.2, -0.15) is 0 Å². The number of aryl methyl sites for hydroxylation is 2. The van der Waals surface area contributed by atoms with E-state index >= 15 is 0 Å². The van der Waals surface area contributed by atoms with Gasteiger partial charge in [-0.25, -0.2) is 4.98 Å². The van der Waals surface area contributed by atoms with Crippen LogP contribution in [0.3, 0.4) is 0 Å². The first-order chi connectivity index (χ1) is 13.5. The topological polar surface area (TPSA) is 73.6 Å². The van der Waals surface area contributed by atoms with Gasteiger partial charge < -0.3 is 19.2 Å². The molecule has 28 heavy (non-hydrogen) atoms. The lowest BCUT2D eigenvalue weighted by atomic mass is 10.1. The van der Waals surface area contributed by atoms with Crippen molar-refractivity contribution in [3.8, 4) is 11.5 Å². The predicted octanol–water partition coefficient (Wildman–Crippen LogP) is 4.41. The SMILES string of the molecule is CCc1ccc(C)nc1NC(=O)c1ccc(Cc2cc(OC)ccc2OC)o1. The highest BCUT2D eigenvalue weighted by Crippen LogP contribution is 2.27. The monoisotopic (exact) mass is 380 g/mol. The van der Waals surface area contributed by atoms with E-state index in [1.54, 1.807) is 26.4 Å². The molecule has 0 bridgehead atoms. The summed E-state index contributed by atoms with van der Waals surface area (Å²) in [7, 11) is 3.23. The summed E-state index contributed by atoms with van der Waals surface area (Å²) in [5.74, 6) is 2.61. The summed E-state index contributed by atoms with van der Waals surface area (Å²) in [4.78, 5) is 17.0. The minimum absolute atomic E-state index is 0.238. The quantitative estimate of drug-likeness (QED) is 0.657. The Morgan fingerprint density at radius 3 is 2.61 bits per heavy atom. The Balaban J connectivity index is 1.77. The van der Waals surface area contributed by atoms with Crippen molar-refractivity contribution >= 4 is 11.7 Å². The smallest absolute Gasteiger partial charge is 0.292 e. The van der Waals surface area contributed by atoms with Gasteiger partial charge in [-0.05, 0) is 55.3 Å². The van der Waals surface area contributed by atoms with E-state index in [0.29, 0.717) is 18.0 Å². The number of pyridine rings is 1. The van der Waals surface area contributed by atoms with Gasteiger partial charge in [0.1, 0.15) is 23.1 Å². The van der Waals surface area contributed by atoms with Crippen LogP contribution in [0.15, 0.2) is 46.9 Å². The maximum absolute atomic E-state index is 12.6. The molecule has 0 radical (unpaired) electrons. The Hall–Kier alpha value is -3.28. The molecule has 1 aromatic carbocycles. The molecule has 1 amide bonds. The first-order valence-electron chi connectivity index (χ1n) is 9.11. The summed E-state index contributed by atoms with van der Waals surface area (Å²) in [6.45, 7) is 3.91. The minimum Gasteiger partial charge on any atom is -0.497 e. The van der Waals surface area contributed by atoms with Gasteiger partial charge in [0.2, 0.25) is 0 Å². The number of nitrogens with one attached hydrogen (secondary N) is 1. The summed E-state index contributed by atoms with van der Waals surface area (Å²) in [5.41, 5.74) is 2.74. The van der Waals surface area contributed by atoms with Crippen molar-refractivity contribution in [2.24, 2.45) is 0 Å². The number of aromatic nitrogens is 1. The Labute approximate surface area is 164 Å². The minimum atomic E-state index is -0.323. The van der Waals surface area contributed by atoms with E-state index in [0.717, 1.165) is 34.7 Å². The first kappa shape index (κ1) is 19.5. The number of benzene rings is 1. The maximum Gasteiger partial charge on any atom is 0.292 e. The second-order valence-electron chi connectivity index (χ2n) is 6.39. The third-order valence-corrected chi connectivity index (χ3v) is 4.47. The van der Waals surface area contributed by atoms with Crippen molar-refractivity contribution in [1.29, 1.82) is 0 Å². The molecule has 0 spiro atoms. The summed E-state index contributed by atoms with van der Waals surface area (Å²) < 4.78 is 16.4. The fraction of sp³-hybridized carbons (Fsp3) is 0.273. The van der Waals surface area contributed by atoms with Gasteiger partial charge >= 0.3 is 0 Å². The molecule has 0 fully saturated rings. The molecule has 2 heterocycles. The second-order valence-corrected chi connectivity index (χ2v) is 6.39. The predicted molar refractivity (Wildman–Crippen MR) is 107 cm³/mol. The number of amides is 1. The van der Waals surface area contributed by atoms with Gasteiger partial charge in [-0.15, -0.1) is 0 Å². The largest absolute Gasteiger partial charge is 0.497 e. The molecule has 0 aliphatic rings. The Kier molecular flexibility index (Phi) is 5.99. The molecule has 6 heteroatoms. The van der Waals surface area contributed by atoms with Gasteiger partial charge in [0.05, 0.1) is 14.2 Å². The molecule has 3 aromatic rings. The number of hydrogen-bond donors (Lipinski definition) is 1. The lowest BCUT2D eigenvalue weighted by Gasteiger charge is -2.09. The van der Waals surface area contributed by atoms with Crippen LogP contribution in [0.4, 0.5) is 5.82 Å². The molecule has 0 atom stereocenters. The number of anilines is 1. The number of rotatable bonds is 7. The van der Waals surface area contributed by atoms with Crippen molar-refractivity contribution in [2.45, 2.75) is 26.7 Å². The van der Waals surface area contributed by atoms with E-state index < -0.39 is 0 Å². The molecular weight excluding hydrogens is 356 g/mol. The number of methoxy groups -OCH3 is 2. The molecule has 0 saturated heterocycles. The lowest BCUT2D eigenvalue weighted by Crippen LogP contribution is -2.14. The third kappa shape index (κ3) is 4.34. The van der Waals surface area contributed by atoms with Crippen LogP contribution in [0.2, 0.25) is 0 Å². The van der Waals surface area contributed by atoms with Crippen LogP contribution >= 0.6 is 0 Å². The lowest BCUT2D eigenvalue weighted by molar-refractivity contribution is 0.0994. The molecular formula is C22H24N2O4. The van der Waals surface area contributed by atoms with E-state index in [4.69, 9.17) is 13.9 Å². The van der Waals surface area contributed by atoms with Crippen molar-refractivity contribution in [1.82, 2.24) is 4.98 Å². The summed E-state index contributed by atoms with van der Waals surface area (Å²) >= 11 is 0. The van der Waals surface area contributed by atoms with Gasteiger partial charge in [-0.3, -0.25) is 4.79 Å². The van der Waals surface area contributed by atoms with E-state index in [-0.39, 0.29) is 11.7 Å². The molecule has 3 rings (SSSR count). The van der Waals surface area contributed by atoms with Crippen LogP contribution in [0.25, 0.3) is 0 Å². The van der Waals surface area contributed by atoms with E-state index in [2.05, 4.69) is 10.3 Å². The molecule has 0 saturated carbocycles. The number of furan rings is 1. The molecule has 6 nitrogen and oxygen atoms in total. The molecule has 0 aliphatic carbocycles. The molecule has 1 N–H and O–H groups in total. The second kappa shape index (κ2) is 8.61. The number of carbonyl (C=O) groups is 1. The molecule has 146 valence electrons. The van der Waals surface area contributed by atoms with Crippen LogP contribution in [0, 0.1) is 6.92 Å². The standard InChI is InChI=1S/C22H24N2O4/c1-5-15-7-6-14(2)23-21(15)24-22(25)20-11-9-18(28-20)13-16-12-17(26-3)8-10-19(16)27-4/h6-12H,5,13H2,1-4H3,(H,23,24,25). The van der Waals surface area contributed by atoms with Crippen LogP contribution in [-0.4, -0.2) is 25.1 Å². The average Bonchev–Trinajstić information content (AvgIpc) is 3.17. The van der Waals surface area contributed by atoms with E-state index in [1.165, 1.54) is 0 Å². The van der Waals surface area contributed by atoms with Crippen molar-refractivity contribution in [3.05, 3.63) is 70.8 Å². The number of nitrogens with zero attached hydrogens (tertiary/aromatic N) is 1. The zero-order valence-corrected chi connectivity index (χ0v) is 16.5. The highest BCUT2D eigenvalue weighted by atomic mass is 16.5. The van der Waals surface area contributed by atoms with E-state index in [9.17, 15) is 4.79 Å². The van der Waals surface area contributed by atoms with Gasteiger partial charge in [0, 0.05) is 17.7 Å². The van der Waals surface area contributed by atoms with Gasteiger partial charge in [-0.1, -0.05) is 13.0 Å². The molecule has 0 unspecified atom stereocenters. The molecule has 2 aromatic heterocycles. The van der Waals surface area contributed by atoms with Crippen LogP contribution < -0.4 is 14.8 Å². The van der Waals surface area contributed by atoms with Gasteiger partial charge in [0.25, 0.3) is 5.91 Å². The average molecular weight is 380 g/mol. The van der Waals surface area contributed by atoms with E-state index in [1.807, 2.05) is 44.2 Å². The highest BCUT2D eigenvalue weighted by Gasteiger charge is 2.15. The Bertz CT molecular complexity index is 978. The van der Waals surface area contributed by atoms with Crippen LogP contribution in [0.5, 0.6) is 11.5 Å². The number of carbonyl (C=O) groups excluding carboxylic acids is 1. The summed E-state index contributed by atoms with van der Waals surface area (Å²) in [5, 5.41) is 2.85. The van der Waals surface area contributed by atoms with Crippen molar-refractivity contribution < 1.29 is 18.7 Å². The van der Waals surface area contributed by atoms with Gasteiger partial charge in [0.15, 0.2) is 5.76 Å². The zero-order valence-electron chi connectivity index (χ0n) is 16.5. The summed E-state index contributed by atoms with van der Waals surface area (Å²) in [6.07, 6.45) is 1.26. The zero-order chi connectivity index (χ0) is 20.1. The highest BCUT2D eigenvalue weighted by molar-refractivity contribution is 6.02. The number of hydrogen-bond acceptors (Lipinski definition) is 5. The Morgan fingerprint density at radius 1 is 1.07 bits per heavy atom. The van der Waals surface area contributed by atoms with Crippen molar-refractivity contribution in [2.75, 3.05) is 19.5 Å². The normalized spacial score (nSPS) is 10.6. The fourth-order valence-corrected chi connectivity index (χ4v) is 2.95. The molecule has 0 aliphatic heterocycles. The fourth-order valence-electron chi connectivity index (χ4n) is 2.95. The summed E-state index contributed by atoms with van der Waals surface area (Å²) in [6, 6.07) is 12.9. The Morgan fingerprint density at radius 2 is 1.89 bits per heavy atom. The van der Waals surface area contributed by atoms with Crippen LogP contribution in [0.1, 0.15) is 40.1 Å².